The fraction of sp³-hybridized carbons (Fsp3) is 0.688. The van der Waals surface area contributed by atoms with Gasteiger partial charge in [0.1, 0.15) is 5.82 Å². The van der Waals surface area contributed by atoms with Gasteiger partial charge in [-0.05, 0) is 37.9 Å². The molecule has 0 spiro atoms. The summed E-state index contributed by atoms with van der Waals surface area (Å²) < 4.78 is 0. The molecule has 0 aromatic carbocycles. The molecule has 0 radical (unpaired) electrons. The van der Waals surface area contributed by atoms with E-state index in [-0.39, 0.29) is 0 Å². The van der Waals surface area contributed by atoms with E-state index >= 15 is 0 Å². The number of anilines is 1. The lowest BCUT2D eigenvalue weighted by Gasteiger charge is -2.26. The summed E-state index contributed by atoms with van der Waals surface area (Å²) in [6.07, 6.45) is 7.93. The van der Waals surface area contributed by atoms with Gasteiger partial charge in [-0.3, -0.25) is 0 Å². The summed E-state index contributed by atoms with van der Waals surface area (Å²) in [6.45, 7) is 6.47. The van der Waals surface area contributed by atoms with E-state index in [4.69, 9.17) is 4.98 Å². The lowest BCUT2D eigenvalue weighted by molar-refractivity contribution is 0.553. The van der Waals surface area contributed by atoms with E-state index in [0.717, 1.165) is 24.6 Å². The van der Waals surface area contributed by atoms with Crippen molar-refractivity contribution in [3.8, 4) is 0 Å². The summed E-state index contributed by atoms with van der Waals surface area (Å²) in [6, 6.07) is 6.42. The number of hydrogen-bond acceptors (Lipinski definition) is 3. The van der Waals surface area contributed by atoms with E-state index in [1.54, 1.807) is 0 Å². The van der Waals surface area contributed by atoms with Crippen LogP contribution in [0, 0.1) is 0 Å². The van der Waals surface area contributed by atoms with Crippen molar-refractivity contribution in [2.24, 2.45) is 0 Å². The second kappa shape index (κ2) is 8.16. The molecule has 1 aromatic heterocycles. The molecule has 0 aliphatic carbocycles. The molecule has 1 aliphatic heterocycles. The van der Waals surface area contributed by atoms with Crippen LogP contribution in [0.4, 0.5) is 5.82 Å². The normalized spacial score (nSPS) is 17.0. The number of nitrogens with one attached hydrogen (secondary N) is 1. The minimum absolute atomic E-state index is 0.884. The Hall–Kier alpha value is -1.09. The van der Waals surface area contributed by atoms with Gasteiger partial charge in [0.15, 0.2) is 0 Å². The monoisotopic (exact) mass is 261 g/mol. The highest BCUT2D eigenvalue weighted by Gasteiger charge is 2.10. The third-order valence-corrected chi connectivity index (χ3v) is 3.71. The van der Waals surface area contributed by atoms with Crippen LogP contribution in [0.3, 0.4) is 0 Å². The van der Waals surface area contributed by atoms with Gasteiger partial charge in [0.2, 0.25) is 0 Å². The van der Waals surface area contributed by atoms with Gasteiger partial charge in [-0.2, -0.15) is 0 Å². The first-order valence-corrected chi connectivity index (χ1v) is 7.82. The van der Waals surface area contributed by atoms with Crippen LogP contribution in [0.25, 0.3) is 0 Å². The second-order valence-corrected chi connectivity index (χ2v) is 5.42. The molecule has 0 bridgehead atoms. The van der Waals surface area contributed by atoms with Crippen molar-refractivity contribution in [2.75, 3.05) is 24.5 Å². The molecule has 1 aromatic rings. The third kappa shape index (κ3) is 4.83. The first-order chi connectivity index (χ1) is 9.40. The summed E-state index contributed by atoms with van der Waals surface area (Å²) in [7, 11) is 0. The standard InChI is InChI=1S/C16H27N3/c1-2-11-17-14-15-9-8-10-16(18-15)19-12-6-4-3-5-7-13-19/h8-10,17H,2-7,11-14H2,1H3. The predicted molar refractivity (Wildman–Crippen MR) is 81.5 cm³/mol. The Morgan fingerprint density at radius 3 is 2.58 bits per heavy atom. The highest BCUT2D eigenvalue weighted by atomic mass is 15.2. The van der Waals surface area contributed by atoms with Crippen LogP contribution in [-0.4, -0.2) is 24.6 Å². The molecule has 0 atom stereocenters. The maximum absolute atomic E-state index is 4.80. The number of hydrogen-bond donors (Lipinski definition) is 1. The Bertz CT molecular complexity index is 357. The molecule has 1 saturated heterocycles. The van der Waals surface area contributed by atoms with Crippen molar-refractivity contribution in [2.45, 2.75) is 52.0 Å². The van der Waals surface area contributed by atoms with Gasteiger partial charge >= 0.3 is 0 Å². The van der Waals surface area contributed by atoms with Crippen LogP contribution in [0.2, 0.25) is 0 Å². The maximum atomic E-state index is 4.80. The summed E-state index contributed by atoms with van der Waals surface area (Å²) in [5.74, 6) is 1.16. The zero-order valence-electron chi connectivity index (χ0n) is 12.2. The van der Waals surface area contributed by atoms with Crippen LogP contribution in [0.15, 0.2) is 18.2 Å². The molecule has 19 heavy (non-hydrogen) atoms. The number of rotatable bonds is 5. The van der Waals surface area contributed by atoms with Gasteiger partial charge in [0.25, 0.3) is 0 Å². The maximum Gasteiger partial charge on any atom is 0.128 e. The molecular formula is C16H27N3. The van der Waals surface area contributed by atoms with Crippen molar-refractivity contribution in [3.05, 3.63) is 23.9 Å². The summed E-state index contributed by atoms with van der Waals surface area (Å²) in [5.41, 5.74) is 1.16. The van der Waals surface area contributed by atoms with Gasteiger partial charge in [-0.15, -0.1) is 0 Å². The first kappa shape index (κ1) is 14.3. The Kier molecular flexibility index (Phi) is 6.15. The van der Waals surface area contributed by atoms with E-state index < -0.39 is 0 Å². The van der Waals surface area contributed by atoms with Crippen molar-refractivity contribution < 1.29 is 0 Å². The number of aromatic nitrogens is 1. The molecule has 106 valence electrons. The van der Waals surface area contributed by atoms with Crippen LogP contribution in [0.5, 0.6) is 0 Å². The van der Waals surface area contributed by atoms with Crippen molar-refractivity contribution in [3.63, 3.8) is 0 Å². The minimum Gasteiger partial charge on any atom is -0.357 e. The zero-order valence-corrected chi connectivity index (χ0v) is 12.2. The first-order valence-electron chi connectivity index (χ1n) is 7.82. The summed E-state index contributed by atoms with van der Waals surface area (Å²) in [4.78, 5) is 7.26. The molecule has 0 saturated carbocycles. The second-order valence-electron chi connectivity index (χ2n) is 5.42. The fourth-order valence-electron chi connectivity index (χ4n) is 2.61. The van der Waals surface area contributed by atoms with E-state index in [1.165, 1.54) is 51.6 Å². The molecule has 3 nitrogen and oxygen atoms in total. The van der Waals surface area contributed by atoms with Gasteiger partial charge in [0.05, 0.1) is 5.69 Å². The quantitative estimate of drug-likeness (QED) is 0.824. The molecule has 0 amide bonds. The molecule has 1 N–H and O–H groups in total. The Morgan fingerprint density at radius 2 is 1.84 bits per heavy atom. The molecule has 0 unspecified atom stereocenters. The van der Waals surface area contributed by atoms with E-state index in [2.05, 4.69) is 35.3 Å². The highest BCUT2D eigenvalue weighted by Crippen LogP contribution is 2.17. The van der Waals surface area contributed by atoms with Gasteiger partial charge in [-0.1, -0.05) is 32.3 Å². The number of nitrogens with zero attached hydrogens (tertiary/aromatic N) is 2. The molecule has 1 fully saturated rings. The van der Waals surface area contributed by atoms with E-state index in [9.17, 15) is 0 Å². The SMILES string of the molecule is CCCNCc1cccc(N2CCCCCCC2)n1. The Labute approximate surface area is 117 Å². The van der Waals surface area contributed by atoms with E-state index in [0.29, 0.717) is 0 Å². The van der Waals surface area contributed by atoms with Crippen LogP contribution >= 0.6 is 0 Å². The largest absolute Gasteiger partial charge is 0.357 e. The lowest BCUT2D eigenvalue weighted by atomic mass is 10.1. The molecule has 1 aliphatic rings. The van der Waals surface area contributed by atoms with Crippen LogP contribution < -0.4 is 10.2 Å². The van der Waals surface area contributed by atoms with Gasteiger partial charge < -0.3 is 10.2 Å². The van der Waals surface area contributed by atoms with Crippen molar-refractivity contribution >= 4 is 5.82 Å². The lowest BCUT2D eigenvalue weighted by Crippen LogP contribution is -2.28. The Balaban J connectivity index is 1.95. The summed E-state index contributed by atoms with van der Waals surface area (Å²) in [5, 5.41) is 3.42. The minimum atomic E-state index is 0.884. The zero-order chi connectivity index (χ0) is 13.3. The topological polar surface area (TPSA) is 28.2 Å². The molecule has 3 heteroatoms. The van der Waals surface area contributed by atoms with Crippen LogP contribution in [-0.2, 0) is 6.54 Å². The predicted octanol–water partition coefficient (Wildman–Crippen LogP) is 3.35. The van der Waals surface area contributed by atoms with E-state index in [1.807, 2.05) is 0 Å². The van der Waals surface area contributed by atoms with Crippen LogP contribution in [0.1, 0.15) is 51.1 Å². The highest BCUT2D eigenvalue weighted by molar-refractivity contribution is 5.39. The molecular weight excluding hydrogens is 234 g/mol. The Morgan fingerprint density at radius 1 is 1.11 bits per heavy atom. The van der Waals surface area contributed by atoms with Gasteiger partial charge in [-0.25, -0.2) is 4.98 Å². The fourth-order valence-corrected chi connectivity index (χ4v) is 2.61. The summed E-state index contributed by atoms with van der Waals surface area (Å²) >= 11 is 0. The van der Waals surface area contributed by atoms with Gasteiger partial charge in [0, 0.05) is 19.6 Å². The average molecular weight is 261 g/mol. The van der Waals surface area contributed by atoms with Crippen molar-refractivity contribution in [1.29, 1.82) is 0 Å². The number of pyridine rings is 1. The average Bonchev–Trinajstić information content (AvgIpc) is 2.39. The van der Waals surface area contributed by atoms with Crippen molar-refractivity contribution in [1.82, 2.24) is 10.3 Å². The smallest absolute Gasteiger partial charge is 0.128 e. The molecule has 2 heterocycles. The third-order valence-electron chi connectivity index (χ3n) is 3.71. The molecule has 2 rings (SSSR count).